The third-order valence-electron chi connectivity index (χ3n) is 5.43. The molecular weight excluding hydrogens is 282 g/mol. The first-order valence-corrected chi connectivity index (χ1v) is 8.41. The molecule has 1 aromatic rings. The predicted octanol–water partition coefficient (Wildman–Crippen LogP) is 5.35. The van der Waals surface area contributed by atoms with Gasteiger partial charge in [-0.2, -0.15) is 4.99 Å². The zero-order chi connectivity index (χ0) is 14.9. The van der Waals surface area contributed by atoms with Crippen LogP contribution in [0.1, 0.15) is 68.9 Å². The Kier molecular flexibility index (Phi) is 4.19. The van der Waals surface area contributed by atoms with E-state index in [1.54, 1.807) is 6.08 Å². The Morgan fingerprint density at radius 1 is 1.24 bits per heavy atom. The molecule has 0 atom stereocenters. The predicted molar refractivity (Wildman–Crippen MR) is 85.5 cm³/mol. The van der Waals surface area contributed by atoms with Crippen LogP contribution in [0.4, 0.5) is 0 Å². The number of carbonyl (C=O) groups excluding carboxylic acids is 1. The minimum atomic E-state index is -0.342. The van der Waals surface area contributed by atoms with Crippen molar-refractivity contribution < 1.29 is 4.79 Å². The van der Waals surface area contributed by atoms with Crippen molar-refractivity contribution in [2.45, 2.75) is 63.3 Å². The van der Waals surface area contributed by atoms with Crippen molar-refractivity contribution >= 4 is 17.7 Å². The Morgan fingerprint density at radius 2 is 1.95 bits per heavy atom. The van der Waals surface area contributed by atoms with Gasteiger partial charge in [-0.05, 0) is 61.1 Å². The maximum Gasteiger partial charge on any atom is 0.235 e. The number of benzene rings is 1. The molecule has 0 radical (unpaired) electrons. The summed E-state index contributed by atoms with van der Waals surface area (Å²) in [6, 6.07) is 6.33. The molecule has 2 aliphatic carbocycles. The molecule has 0 saturated heterocycles. The van der Waals surface area contributed by atoms with Crippen LogP contribution in [0.5, 0.6) is 0 Å². The summed E-state index contributed by atoms with van der Waals surface area (Å²) in [7, 11) is 0. The monoisotopic (exact) mass is 303 g/mol. The second-order valence-corrected chi connectivity index (χ2v) is 7.19. The molecule has 21 heavy (non-hydrogen) atoms. The van der Waals surface area contributed by atoms with Crippen molar-refractivity contribution in [3.63, 3.8) is 0 Å². The van der Waals surface area contributed by atoms with Crippen LogP contribution in [0.3, 0.4) is 0 Å². The fraction of sp³-hybridized carbons (Fsp3) is 0.611. The Balaban J connectivity index is 1.84. The molecule has 0 bridgehead atoms. The standard InChI is InChI=1S/C18H22ClNO/c1-13-3-5-14(6-4-13)16-8-7-15(11-17(16)19)18(20-12-21)9-2-10-18/h7-8,11,13-14H,2-6,9-10H2,1H3. The van der Waals surface area contributed by atoms with E-state index in [0.717, 1.165) is 35.8 Å². The van der Waals surface area contributed by atoms with Crippen LogP contribution in [-0.4, -0.2) is 6.08 Å². The molecule has 0 N–H and O–H groups in total. The third kappa shape index (κ3) is 2.80. The minimum absolute atomic E-state index is 0.342. The molecule has 0 spiro atoms. The van der Waals surface area contributed by atoms with Gasteiger partial charge < -0.3 is 0 Å². The molecule has 0 aliphatic heterocycles. The van der Waals surface area contributed by atoms with E-state index in [0.29, 0.717) is 5.92 Å². The molecular formula is C18H22ClNO. The summed E-state index contributed by atoms with van der Waals surface area (Å²) >= 11 is 6.55. The van der Waals surface area contributed by atoms with E-state index in [1.807, 2.05) is 6.07 Å². The van der Waals surface area contributed by atoms with Gasteiger partial charge in [-0.3, -0.25) is 0 Å². The number of halogens is 1. The van der Waals surface area contributed by atoms with Crippen LogP contribution in [0, 0.1) is 5.92 Å². The number of hydrogen-bond donors (Lipinski definition) is 0. The summed E-state index contributed by atoms with van der Waals surface area (Å²) in [5.74, 6) is 1.44. The molecule has 0 heterocycles. The average molecular weight is 304 g/mol. The number of nitrogens with zero attached hydrogens (tertiary/aromatic N) is 1. The maximum absolute atomic E-state index is 10.7. The molecule has 3 rings (SSSR count). The van der Waals surface area contributed by atoms with Gasteiger partial charge in [0.05, 0.1) is 5.54 Å². The van der Waals surface area contributed by atoms with Crippen molar-refractivity contribution in [1.29, 1.82) is 0 Å². The van der Waals surface area contributed by atoms with Crippen LogP contribution in [0.25, 0.3) is 0 Å². The van der Waals surface area contributed by atoms with Crippen LogP contribution in [0.2, 0.25) is 5.02 Å². The van der Waals surface area contributed by atoms with Gasteiger partial charge in [-0.25, -0.2) is 4.79 Å². The lowest BCUT2D eigenvalue weighted by atomic mass is 9.71. The van der Waals surface area contributed by atoms with Gasteiger partial charge in [0.1, 0.15) is 0 Å². The summed E-state index contributed by atoms with van der Waals surface area (Å²) in [6.45, 7) is 2.33. The van der Waals surface area contributed by atoms with E-state index in [9.17, 15) is 4.79 Å². The van der Waals surface area contributed by atoms with E-state index < -0.39 is 0 Å². The van der Waals surface area contributed by atoms with E-state index >= 15 is 0 Å². The van der Waals surface area contributed by atoms with E-state index in [1.165, 1.54) is 31.2 Å². The highest BCUT2D eigenvalue weighted by molar-refractivity contribution is 6.31. The van der Waals surface area contributed by atoms with E-state index in [2.05, 4.69) is 24.0 Å². The van der Waals surface area contributed by atoms with Gasteiger partial charge in [0.25, 0.3) is 0 Å². The molecule has 1 aromatic carbocycles. The molecule has 0 unspecified atom stereocenters. The average Bonchev–Trinajstić information content (AvgIpc) is 2.44. The molecule has 2 aliphatic rings. The summed E-state index contributed by atoms with van der Waals surface area (Å²) in [5.41, 5.74) is 2.01. The van der Waals surface area contributed by atoms with Crippen molar-refractivity contribution in [2.24, 2.45) is 10.9 Å². The van der Waals surface area contributed by atoms with Gasteiger partial charge in [-0.1, -0.05) is 43.5 Å². The van der Waals surface area contributed by atoms with Crippen LogP contribution < -0.4 is 0 Å². The van der Waals surface area contributed by atoms with Gasteiger partial charge in [0.15, 0.2) is 0 Å². The summed E-state index contributed by atoms with van der Waals surface area (Å²) in [5, 5.41) is 0.847. The van der Waals surface area contributed by atoms with Gasteiger partial charge in [0.2, 0.25) is 6.08 Å². The summed E-state index contributed by atoms with van der Waals surface area (Å²) in [6.07, 6.45) is 9.77. The van der Waals surface area contributed by atoms with Crippen LogP contribution in [0.15, 0.2) is 23.2 Å². The highest BCUT2D eigenvalue weighted by Gasteiger charge is 2.39. The fourth-order valence-electron chi connectivity index (χ4n) is 3.78. The molecule has 0 aromatic heterocycles. The van der Waals surface area contributed by atoms with Crippen LogP contribution in [-0.2, 0) is 10.3 Å². The highest BCUT2D eigenvalue weighted by Crippen LogP contribution is 2.46. The lowest BCUT2D eigenvalue weighted by Crippen LogP contribution is -2.31. The van der Waals surface area contributed by atoms with Crippen molar-refractivity contribution in [3.05, 3.63) is 34.3 Å². The fourth-order valence-corrected chi connectivity index (χ4v) is 4.12. The molecule has 112 valence electrons. The van der Waals surface area contributed by atoms with E-state index in [-0.39, 0.29) is 5.54 Å². The smallest absolute Gasteiger partial charge is 0.211 e. The van der Waals surface area contributed by atoms with Gasteiger partial charge in [-0.15, -0.1) is 0 Å². The zero-order valence-corrected chi connectivity index (χ0v) is 13.3. The number of isocyanates is 1. The quantitative estimate of drug-likeness (QED) is 0.547. The first-order chi connectivity index (χ1) is 10.1. The van der Waals surface area contributed by atoms with Crippen molar-refractivity contribution in [3.8, 4) is 0 Å². The number of hydrogen-bond acceptors (Lipinski definition) is 2. The topological polar surface area (TPSA) is 29.4 Å². The molecule has 3 heteroatoms. The summed E-state index contributed by atoms with van der Waals surface area (Å²) < 4.78 is 0. The van der Waals surface area contributed by atoms with E-state index in [4.69, 9.17) is 11.6 Å². The minimum Gasteiger partial charge on any atom is -0.211 e. The largest absolute Gasteiger partial charge is 0.235 e. The third-order valence-corrected chi connectivity index (χ3v) is 5.76. The van der Waals surface area contributed by atoms with Gasteiger partial charge >= 0.3 is 0 Å². The number of rotatable bonds is 3. The zero-order valence-electron chi connectivity index (χ0n) is 12.6. The first-order valence-electron chi connectivity index (χ1n) is 8.03. The van der Waals surface area contributed by atoms with Crippen LogP contribution >= 0.6 is 11.6 Å². The molecule has 2 fully saturated rings. The highest BCUT2D eigenvalue weighted by atomic mass is 35.5. The Labute approximate surface area is 131 Å². The molecule has 2 nitrogen and oxygen atoms in total. The lowest BCUT2D eigenvalue weighted by molar-refractivity contribution is 0.256. The second kappa shape index (κ2) is 5.94. The van der Waals surface area contributed by atoms with Gasteiger partial charge in [0, 0.05) is 5.02 Å². The lowest BCUT2D eigenvalue weighted by Gasteiger charge is -2.37. The SMILES string of the molecule is CC1CCC(c2ccc(C3(N=C=O)CCC3)cc2Cl)CC1. The Morgan fingerprint density at radius 3 is 2.48 bits per heavy atom. The second-order valence-electron chi connectivity index (χ2n) is 6.78. The number of aliphatic imine (C=N–C) groups is 1. The Bertz CT molecular complexity index is 565. The maximum atomic E-state index is 10.7. The molecule has 2 saturated carbocycles. The normalized spacial score (nSPS) is 27.5. The first kappa shape index (κ1) is 14.8. The van der Waals surface area contributed by atoms with Crippen molar-refractivity contribution in [2.75, 3.05) is 0 Å². The van der Waals surface area contributed by atoms with Crippen molar-refractivity contribution in [1.82, 2.24) is 0 Å². The molecule has 0 amide bonds. The summed E-state index contributed by atoms with van der Waals surface area (Å²) in [4.78, 5) is 14.8. The Hall–Kier alpha value is -1.11.